The monoisotopic (exact) mass is 295 g/mol. The quantitative estimate of drug-likeness (QED) is 0.933. The third-order valence-electron chi connectivity index (χ3n) is 3.58. The van der Waals surface area contributed by atoms with Gasteiger partial charge in [-0.1, -0.05) is 24.6 Å². The second kappa shape index (κ2) is 5.94. The lowest BCUT2D eigenvalue weighted by Gasteiger charge is -2.11. The Kier molecular flexibility index (Phi) is 4.45. The molecule has 0 saturated heterocycles. The summed E-state index contributed by atoms with van der Waals surface area (Å²) >= 11 is 6.06. The topological polar surface area (TPSA) is 43.8 Å². The van der Waals surface area contributed by atoms with Crippen LogP contribution in [-0.2, 0) is 6.54 Å². The summed E-state index contributed by atoms with van der Waals surface area (Å²) in [5.74, 6) is -0.333. The highest BCUT2D eigenvalue weighted by atomic mass is 35.5. The van der Waals surface area contributed by atoms with Crippen LogP contribution in [0.1, 0.15) is 41.9 Å². The number of aromatic nitrogens is 2. The first-order valence-corrected chi connectivity index (χ1v) is 7.05. The van der Waals surface area contributed by atoms with Crippen molar-refractivity contribution >= 4 is 11.6 Å². The van der Waals surface area contributed by atoms with E-state index in [2.05, 4.69) is 12.0 Å². The Morgan fingerprint density at radius 1 is 1.40 bits per heavy atom. The fourth-order valence-corrected chi connectivity index (χ4v) is 2.64. The fourth-order valence-electron chi connectivity index (χ4n) is 2.42. The van der Waals surface area contributed by atoms with E-state index in [9.17, 15) is 4.39 Å². The molecule has 0 aliphatic heterocycles. The number of nitrogens with two attached hydrogens (primary N) is 1. The third-order valence-corrected chi connectivity index (χ3v) is 3.94. The normalized spacial score (nSPS) is 12.7. The van der Waals surface area contributed by atoms with Crippen molar-refractivity contribution in [2.45, 2.75) is 39.8 Å². The first-order chi connectivity index (χ1) is 9.43. The van der Waals surface area contributed by atoms with E-state index >= 15 is 0 Å². The van der Waals surface area contributed by atoms with Crippen LogP contribution in [0.2, 0.25) is 5.02 Å². The molecule has 0 aliphatic rings. The molecule has 2 N–H and O–H groups in total. The second-order valence-corrected chi connectivity index (χ2v) is 5.40. The molecule has 5 heteroatoms. The molecule has 1 aromatic carbocycles. The number of rotatable bonds is 4. The van der Waals surface area contributed by atoms with Gasteiger partial charge in [-0.05, 0) is 38.0 Å². The van der Waals surface area contributed by atoms with Gasteiger partial charge in [0.2, 0.25) is 0 Å². The third kappa shape index (κ3) is 2.86. The van der Waals surface area contributed by atoms with E-state index in [0.29, 0.717) is 11.6 Å². The zero-order valence-electron chi connectivity index (χ0n) is 12.0. The molecule has 1 unspecified atom stereocenters. The van der Waals surface area contributed by atoms with Crippen molar-refractivity contribution in [1.82, 2.24) is 9.78 Å². The Hall–Kier alpha value is -1.39. The summed E-state index contributed by atoms with van der Waals surface area (Å²) in [7, 11) is 0. The van der Waals surface area contributed by atoms with Gasteiger partial charge in [-0.2, -0.15) is 5.10 Å². The Labute approximate surface area is 123 Å². The number of benzene rings is 1. The molecule has 1 aromatic heterocycles. The van der Waals surface area contributed by atoms with Crippen molar-refractivity contribution in [1.29, 1.82) is 0 Å². The van der Waals surface area contributed by atoms with E-state index in [4.69, 9.17) is 17.3 Å². The molecule has 0 saturated carbocycles. The predicted molar refractivity (Wildman–Crippen MR) is 79.4 cm³/mol. The highest BCUT2D eigenvalue weighted by Crippen LogP contribution is 2.24. The molecule has 0 radical (unpaired) electrons. The average molecular weight is 296 g/mol. The SMILES string of the molecule is CCC(N)c1c(C)nn(Cc2ccc(F)cc2Cl)c1C. The van der Waals surface area contributed by atoms with Crippen molar-refractivity contribution < 1.29 is 4.39 Å². The van der Waals surface area contributed by atoms with Gasteiger partial charge in [0, 0.05) is 22.3 Å². The molecule has 0 amide bonds. The van der Waals surface area contributed by atoms with E-state index in [-0.39, 0.29) is 11.9 Å². The molecular weight excluding hydrogens is 277 g/mol. The molecule has 0 bridgehead atoms. The van der Waals surface area contributed by atoms with Crippen LogP contribution in [0.4, 0.5) is 4.39 Å². The Morgan fingerprint density at radius 3 is 2.70 bits per heavy atom. The van der Waals surface area contributed by atoms with Gasteiger partial charge in [0.1, 0.15) is 5.82 Å². The predicted octanol–water partition coefficient (Wildman–Crippen LogP) is 3.75. The van der Waals surface area contributed by atoms with Crippen molar-refractivity contribution in [2.24, 2.45) is 5.73 Å². The summed E-state index contributed by atoms with van der Waals surface area (Å²) < 4.78 is 14.9. The number of nitrogens with zero attached hydrogens (tertiary/aromatic N) is 2. The van der Waals surface area contributed by atoms with E-state index in [1.807, 2.05) is 18.5 Å². The van der Waals surface area contributed by atoms with E-state index in [1.165, 1.54) is 12.1 Å². The van der Waals surface area contributed by atoms with Gasteiger partial charge < -0.3 is 5.73 Å². The lowest BCUT2D eigenvalue weighted by molar-refractivity contribution is 0.622. The zero-order valence-corrected chi connectivity index (χ0v) is 12.7. The van der Waals surface area contributed by atoms with Gasteiger partial charge in [0.05, 0.1) is 12.2 Å². The van der Waals surface area contributed by atoms with Gasteiger partial charge >= 0.3 is 0 Å². The summed E-state index contributed by atoms with van der Waals surface area (Å²) in [5, 5.41) is 4.94. The summed E-state index contributed by atoms with van der Waals surface area (Å²) in [6, 6.07) is 4.41. The molecule has 0 aliphatic carbocycles. The van der Waals surface area contributed by atoms with E-state index in [1.54, 1.807) is 6.07 Å². The molecule has 1 atom stereocenters. The lowest BCUT2D eigenvalue weighted by Crippen LogP contribution is -2.11. The van der Waals surface area contributed by atoms with Gasteiger partial charge in [0.15, 0.2) is 0 Å². The molecule has 2 aromatic rings. The number of hydrogen-bond acceptors (Lipinski definition) is 2. The molecule has 3 nitrogen and oxygen atoms in total. The molecule has 20 heavy (non-hydrogen) atoms. The molecule has 0 fully saturated rings. The standard InChI is InChI=1S/C15H19ClFN3/c1-4-14(18)15-9(2)19-20(10(15)3)8-11-5-6-12(17)7-13(11)16/h5-7,14H,4,8,18H2,1-3H3. The second-order valence-electron chi connectivity index (χ2n) is 4.99. The number of halogens is 2. The van der Waals surface area contributed by atoms with Crippen molar-refractivity contribution in [3.63, 3.8) is 0 Å². The minimum atomic E-state index is -0.333. The first kappa shape index (κ1) is 15.0. The maximum Gasteiger partial charge on any atom is 0.124 e. The van der Waals surface area contributed by atoms with Crippen LogP contribution < -0.4 is 5.73 Å². The maximum atomic E-state index is 13.1. The smallest absolute Gasteiger partial charge is 0.124 e. The first-order valence-electron chi connectivity index (χ1n) is 6.67. The summed E-state index contributed by atoms with van der Waals surface area (Å²) in [6.07, 6.45) is 0.866. The van der Waals surface area contributed by atoms with Crippen molar-refractivity contribution in [2.75, 3.05) is 0 Å². The molecule has 108 valence electrons. The van der Waals surface area contributed by atoms with Gasteiger partial charge in [-0.3, -0.25) is 4.68 Å². The van der Waals surface area contributed by atoms with Gasteiger partial charge in [-0.25, -0.2) is 4.39 Å². The highest BCUT2D eigenvalue weighted by Gasteiger charge is 2.17. The minimum Gasteiger partial charge on any atom is -0.324 e. The van der Waals surface area contributed by atoms with Crippen LogP contribution in [0.15, 0.2) is 18.2 Å². The Balaban J connectivity index is 2.35. The Bertz CT molecular complexity index is 622. The van der Waals surface area contributed by atoms with Gasteiger partial charge in [0.25, 0.3) is 0 Å². The average Bonchev–Trinajstić information content (AvgIpc) is 2.67. The van der Waals surface area contributed by atoms with Crippen LogP contribution in [0, 0.1) is 19.7 Å². The van der Waals surface area contributed by atoms with Crippen molar-refractivity contribution in [3.05, 3.63) is 51.6 Å². The van der Waals surface area contributed by atoms with E-state index in [0.717, 1.165) is 28.9 Å². The van der Waals surface area contributed by atoms with E-state index < -0.39 is 0 Å². The fraction of sp³-hybridized carbons (Fsp3) is 0.400. The van der Waals surface area contributed by atoms with Crippen LogP contribution in [0.25, 0.3) is 0 Å². The highest BCUT2D eigenvalue weighted by molar-refractivity contribution is 6.31. The lowest BCUT2D eigenvalue weighted by atomic mass is 10.0. The molecular formula is C15H19ClFN3. The van der Waals surface area contributed by atoms with Crippen molar-refractivity contribution in [3.8, 4) is 0 Å². The zero-order chi connectivity index (χ0) is 14.9. The summed E-state index contributed by atoms with van der Waals surface area (Å²) in [6.45, 7) is 6.53. The van der Waals surface area contributed by atoms with Gasteiger partial charge in [-0.15, -0.1) is 0 Å². The number of aryl methyl sites for hydroxylation is 1. The summed E-state index contributed by atoms with van der Waals surface area (Å²) in [5.41, 5.74) is 10.0. The molecule has 1 heterocycles. The Morgan fingerprint density at radius 2 is 2.10 bits per heavy atom. The molecule has 0 spiro atoms. The van der Waals surface area contributed by atoms with Crippen LogP contribution in [-0.4, -0.2) is 9.78 Å². The molecule has 2 rings (SSSR count). The minimum absolute atomic E-state index is 0.00700. The number of hydrogen-bond donors (Lipinski definition) is 1. The van der Waals surface area contributed by atoms with Crippen LogP contribution >= 0.6 is 11.6 Å². The van der Waals surface area contributed by atoms with Crippen LogP contribution in [0.5, 0.6) is 0 Å². The summed E-state index contributed by atoms with van der Waals surface area (Å²) in [4.78, 5) is 0. The van der Waals surface area contributed by atoms with Crippen LogP contribution in [0.3, 0.4) is 0 Å². The largest absolute Gasteiger partial charge is 0.324 e. The maximum absolute atomic E-state index is 13.1.